The zero-order valence-electron chi connectivity index (χ0n) is 17.5. The van der Waals surface area contributed by atoms with Crippen LogP contribution >= 0.6 is 0 Å². The Kier molecular flexibility index (Phi) is 6.09. The Hall–Kier alpha value is -3.19. The first-order valence-corrected chi connectivity index (χ1v) is 10.2. The minimum Gasteiger partial charge on any atom is -0.447 e. The molecule has 0 radical (unpaired) electrons. The first-order valence-electron chi connectivity index (χ1n) is 10.2. The van der Waals surface area contributed by atoms with Gasteiger partial charge in [-0.15, -0.1) is 0 Å². The van der Waals surface area contributed by atoms with Crippen molar-refractivity contribution in [1.29, 1.82) is 0 Å². The van der Waals surface area contributed by atoms with E-state index >= 15 is 0 Å². The topological polar surface area (TPSA) is 74.5 Å². The number of pyridine rings is 1. The number of carbonyl (C=O) groups is 1. The zero-order chi connectivity index (χ0) is 20.9. The number of rotatable bonds is 6. The van der Waals surface area contributed by atoms with Gasteiger partial charge in [-0.25, -0.2) is 4.98 Å². The van der Waals surface area contributed by atoms with Crippen molar-refractivity contribution in [1.82, 2.24) is 20.2 Å². The third kappa shape index (κ3) is 4.86. The number of oxazole rings is 1. The normalized spacial score (nSPS) is 14.7. The quantitative estimate of drug-likeness (QED) is 0.680. The summed E-state index contributed by atoms with van der Waals surface area (Å²) in [6.07, 6.45) is 4.86. The summed E-state index contributed by atoms with van der Waals surface area (Å²) in [5, 5.41) is 2.84. The number of amides is 1. The Morgan fingerprint density at radius 2 is 1.97 bits per heavy atom. The highest BCUT2D eigenvalue weighted by Gasteiger charge is 2.20. The van der Waals surface area contributed by atoms with Gasteiger partial charge >= 0.3 is 0 Å². The van der Waals surface area contributed by atoms with Crippen molar-refractivity contribution in [2.24, 2.45) is 0 Å². The van der Waals surface area contributed by atoms with Crippen LogP contribution in [0.25, 0.3) is 0 Å². The summed E-state index contributed by atoms with van der Waals surface area (Å²) in [5.41, 5.74) is 5.17. The smallest absolute Gasteiger partial charge is 0.273 e. The summed E-state index contributed by atoms with van der Waals surface area (Å²) in [4.78, 5) is 25.4. The van der Waals surface area contributed by atoms with Gasteiger partial charge in [0, 0.05) is 50.8 Å². The molecule has 3 heterocycles. The van der Waals surface area contributed by atoms with Gasteiger partial charge in [0.25, 0.3) is 5.91 Å². The first-order chi connectivity index (χ1) is 14.6. The molecule has 7 heteroatoms. The Morgan fingerprint density at radius 3 is 2.70 bits per heavy atom. The van der Waals surface area contributed by atoms with Crippen LogP contribution in [0.15, 0.2) is 53.4 Å². The van der Waals surface area contributed by atoms with Crippen molar-refractivity contribution in [2.75, 3.05) is 31.1 Å². The zero-order valence-corrected chi connectivity index (χ0v) is 17.5. The number of hydrogen-bond acceptors (Lipinski definition) is 6. The summed E-state index contributed by atoms with van der Waals surface area (Å²) in [7, 11) is 0. The fraction of sp³-hybridized carbons (Fsp3) is 0.348. The molecule has 1 amide bonds. The molecule has 1 aliphatic rings. The van der Waals surface area contributed by atoms with Gasteiger partial charge in [-0.1, -0.05) is 12.1 Å². The molecule has 7 nitrogen and oxygen atoms in total. The molecule has 2 aromatic heterocycles. The van der Waals surface area contributed by atoms with E-state index in [1.165, 1.54) is 23.1 Å². The van der Waals surface area contributed by atoms with Crippen LogP contribution in [0.4, 0.5) is 5.69 Å². The molecular formula is C23H27N5O2. The van der Waals surface area contributed by atoms with Crippen LogP contribution in [0.2, 0.25) is 0 Å². The number of aromatic nitrogens is 2. The molecule has 30 heavy (non-hydrogen) atoms. The Labute approximate surface area is 176 Å². The summed E-state index contributed by atoms with van der Waals surface area (Å²) in [6, 6.07) is 10.4. The predicted molar refractivity (Wildman–Crippen MR) is 115 cm³/mol. The molecule has 1 fully saturated rings. The Bertz CT molecular complexity index is 994. The highest BCUT2D eigenvalue weighted by atomic mass is 16.3. The Balaban J connectivity index is 1.27. The number of hydrogen-bond donors (Lipinski definition) is 1. The standard InChI is InChI=1S/C23H27N5O2/c1-17-5-6-20(12-18(17)2)28-10-8-27(9-11-28)15-22-26-21(16-30-22)23(29)25-14-19-4-3-7-24-13-19/h3-7,12-13,16H,8-11,14-15H2,1-2H3,(H,25,29). The molecule has 0 aliphatic carbocycles. The van der Waals surface area contributed by atoms with Crippen LogP contribution in [-0.4, -0.2) is 47.0 Å². The summed E-state index contributed by atoms with van der Waals surface area (Å²) in [5.74, 6) is 0.328. The van der Waals surface area contributed by atoms with Crippen LogP contribution < -0.4 is 10.2 Å². The van der Waals surface area contributed by atoms with Gasteiger partial charge in [-0.2, -0.15) is 0 Å². The van der Waals surface area contributed by atoms with E-state index in [4.69, 9.17) is 4.42 Å². The van der Waals surface area contributed by atoms with Crippen molar-refractivity contribution in [2.45, 2.75) is 26.9 Å². The minimum absolute atomic E-state index is 0.242. The number of carbonyl (C=O) groups excluding carboxylic acids is 1. The van der Waals surface area contributed by atoms with E-state index in [0.29, 0.717) is 24.7 Å². The van der Waals surface area contributed by atoms with E-state index in [9.17, 15) is 4.79 Å². The van der Waals surface area contributed by atoms with Crippen molar-refractivity contribution >= 4 is 11.6 Å². The fourth-order valence-corrected chi connectivity index (χ4v) is 3.54. The van der Waals surface area contributed by atoms with Crippen LogP contribution in [-0.2, 0) is 13.1 Å². The number of anilines is 1. The maximum absolute atomic E-state index is 12.3. The third-order valence-corrected chi connectivity index (χ3v) is 5.55. The minimum atomic E-state index is -0.242. The van der Waals surface area contributed by atoms with E-state index in [1.54, 1.807) is 12.4 Å². The Morgan fingerprint density at radius 1 is 1.13 bits per heavy atom. The lowest BCUT2D eigenvalue weighted by Gasteiger charge is -2.35. The fourth-order valence-electron chi connectivity index (χ4n) is 3.54. The molecular weight excluding hydrogens is 378 g/mol. The third-order valence-electron chi connectivity index (χ3n) is 5.55. The number of piperazine rings is 1. The second-order valence-electron chi connectivity index (χ2n) is 7.70. The van der Waals surface area contributed by atoms with Gasteiger partial charge < -0.3 is 14.6 Å². The van der Waals surface area contributed by atoms with Crippen molar-refractivity contribution in [3.63, 3.8) is 0 Å². The second kappa shape index (κ2) is 9.09. The average Bonchev–Trinajstić information content (AvgIpc) is 3.24. The number of nitrogens with zero attached hydrogens (tertiary/aromatic N) is 4. The SMILES string of the molecule is Cc1ccc(N2CCN(Cc3nc(C(=O)NCc4cccnc4)co3)CC2)cc1C. The number of benzene rings is 1. The van der Waals surface area contributed by atoms with E-state index in [0.717, 1.165) is 31.7 Å². The van der Waals surface area contributed by atoms with Crippen molar-refractivity contribution in [3.05, 3.63) is 77.3 Å². The van der Waals surface area contributed by atoms with Gasteiger partial charge in [0.05, 0.1) is 6.54 Å². The highest BCUT2D eigenvalue weighted by molar-refractivity contribution is 5.91. The van der Waals surface area contributed by atoms with Gasteiger partial charge in [-0.05, 0) is 48.7 Å². The monoisotopic (exact) mass is 405 g/mol. The number of aryl methyl sites for hydroxylation is 2. The largest absolute Gasteiger partial charge is 0.447 e. The van der Waals surface area contributed by atoms with E-state index in [-0.39, 0.29) is 5.91 Å². The molecule has 0 atom stereocenters. The molecule has 0 spiro atoms. The average molecular weight is 406 g/mol. The lowest BCUT2D eigenvalue weighted by atomic mass is 10.1. The number of nitrogens with one attached hydrogen (secondary N) is 1. The maximum Gasteiger partial charge on any atom is 0.273 e. The second-order valence-corrected chi connectivity index (χ2v) is 7.70. The lowest BCUT2D eigenvalue weighted by molar-refractivity contribution is 0.0945. The predicted octanol–water partition coefficient (Wildman–Crippen LogP) is 2.94. The summed E-state index contributed by atoms with van der Waals surface area (Å²) >= 11 is 0. The molecule has 0 unspecified atom stereocenters. The van der Waals surface area contributed by atoms with Crippen LogP contribution in [0.1, 0.15) is 33.1 Å². The van der Waals surface area contributed by atoms with E-state index in [1.807, 2.05) is 12.1 Å². The molecule has 1 aliphatic heterocycles. The highest BCUT2D eigenvalue weighted by Crippen LogP contribution is 2.20. The molecule has 4 rings (SSSR count). The van der Waals surface area contributed by atoms with Gasteiger partial charge in [0.2, 0.25) is 5.89 Å². The molecule has 1 N–H and O–H groups in total. The molecule has 0 bridgehead atoms. The lowest BCUT2D eigenvalue weighted by Crippen LogP contribution is -2.46. The first kappa shape index (κ1) is 20.1. The molecule has 1 saturated heterocycles. The molecule has 0 saturated carbocycles. The van der Waals surface area contributed by atoms with Crippen molar-refractivity contribution in [3.8, 4) is 0 Å². The van der Waals surface area contributed by atoms with E-state index in [2.05, 4.69) is 57.1 Å². The van der Waals surface area contributed by atoms with Gasteiger partial charge in [0.15, 0.2) is 5.69 Å². The summed E-state index contributed by atoms with van der Waals surface area (Å²) in [6.45, 7) is 9.09. The van der Waals surface area contributed by atoms with Crippen LogP contribution in [0, 0.1) is 13.8 Å². The van der Waals surface area contributed by atoms with Gasteiger partial charge in [-0.3, -0.25) is 14.7 Å². The van der Waals surface area contributed by atoms with Gasteiger partial charge in [0.1, 0.15) is 6.26 Å². The molecule has 1 aromatic carbocycles. The van der Waals surface area contributed by atoms with Crippen molar-refractivity contribution < 1.29 is 9.21 Å². The van der Waals surface area contributed by atoms with Crippen LogP contribution in [0.5, 0.6) is 0 Å². The van der Waals surface area contributed by atoms with E-state index < -0.39 is 0 Å². The van der Waals surface area contributed by atoms with Crippen LogP contribution in [0.3, 0.4) is 0 Å². The maximum atomic E-state index is 12.3. The summed E-state index contributed by atoms with van der Waals surface area (Å²) < 4.78 is 5.54. The molecule has 3 aromatic rings. The molecule has 156 valence electrons.